The van der Waals surface area contributed by atoms with Crippen LogP contribution in [0.15, 0.2) is 30.3 Å². The van der Waals surface area contributed by atoms with Gasteiger partial charge < -0.3 is 38.1 Å². The quantitative estimate of drug-likeness (QED) is 0.170. The fraction of sp³-hybridized carbons (Fsp3) is 0.486. The lowest BCUT2D eigenvalue weighted by Crippen LogP contribution is -2.49. The summed E-state index contributed by atoms with van der Waals surface area (Å²) in [4.78, 5) is 29.4. The summed E-state index contributed by atoms with van der Waals surface area (Å²) in [5, 5.41) is 1.70. The molecule has 3 aromatic rings. The number of ether oxygens (including phenoxy) is 7. The molecule has 46 heavy (non-hydrogen) atoms. The molecule has 0 unspecified atom stereocenters. The van der Waals surface area contributed by atoms with Gasteiger partial charge >= 0.3 is 12.1 Å². The van der Waals surface area contributed by atoms with Crippen molar-refractivity contribution in [3.8, 4) is 34.1 Å². The third-order valence-corrected chi connectivity index (χ3v) is 8.79. The predicted molar refractivity (Wildman–Crippen MR) is 171 cm³/mol. The van der Waals surface area contributed by atoms with Crippen molar-refractivity contribution in [2.45, 2.75) is 45.8 Å². The van der Waals surface area contributed by atoms with Crippen LogP contribution in [0.25, 0.3) is 21.9 Å². The maximum atomic E-state index is 13.3. The SMILES string of the molecule is CCOC(=O)N1CCN(CCCCCCOc2c3c(c(-c4ccc5c(c4)OCO5)c4cc(OC)c(COC)cc24)C(=O)OC3)CC1. The first-order chi connectivity index (χ1) is 22.5. The van der Waals surface area contributed by atoms with Gasteiger partial charge in [0.25, 0.3) is 0 Å². The number of hydrogen-bond acceptors (Lipinski definition) is 10. The second kappa shape index (κ2) is 14.5. The van der Waals surface area contributed by atoms with Crippen molar-refractivity contribution in [3.05, 3.63) is 47.0 Å². The second-order valence-corrected chi connectivity index (χ2v) is 11.6. The number of benzene rings is 3. The van der Waals surface area contributed by atoms with E-state index in [1.54, 1.807) is 19.1 Å². The van der Waals surface area contributed by atoms with Crippen molar-refractivity contribution >= 4 is 22.8 Å². The van der Waals surface area contributed by atoms with E-state index in [1.165, 1.54) is 0 Å². The molecule has 0 radical (unpaired) electrons. The van der Waals surface area contributed by atoms with E-state index < -0.39 is 0 Å². The highest BCUT2D eigenvalue weighted by Gasteiger charge is 2.33. The van der Waals surface area contributed by atoms with Crippen molar-refractivity contribution in [2.24, 2.45) is 0 Å². The van der Waals surface area contributed by atoms with Crippen LogP contribution in [0.1, 0.15) is 54.1 Å². The highest BCUT2D eigenvalue weighted by Crippen LogP contribution is 2.48. The van der Waals surface area contributed by atoms with Gasteiger partial charge in [-0.3, -0.25) is 4.90 Å². The number of carbonyl (C=O) groups is 2. The zero-order valence-corrected chi connectivity index (χ0v) is 26.9. The van der Waals surface area contributed by atoms with Gasteiger partial charge in [-0.05, 0) is 61.5 Å². The van der Waals surface area contributed by atoms with Gasteiger partial charge in [0.2, 0.25) is 6.79 Å². The third kappa shape index (κ3) is 6.52. The molecular formula is C35H42N2O9. The fourth-order valence-electron chi connectivity index (χ4n) is 6.46. The number of methoxy groups -OCH3 is 2. The van der Waals surface area contributed by atoms with E-state index in [2.05, 4.69) is 4.90 Å². The Morgan fingerprint density at radius 2 is 1.70 bits per heavy atom. The first kappa shape index (κ1) is 31.7. The van der Waals surface area contributed by atoms with Crippen LogP contribution in [0, 0.1) is 0 Å². The lowest BCUT2D eigenvalue weighted by Gasteiger charge is -2.34. The predicted octanol–water partition coefficient (Wildman–Crippen LogP) is 5.77. The molecule has 0 atom stereocenters. The molecule has 0 bridgehead atoms. The van der Waals surface area contributed by atoms with Gasteiger partial charge in [-0.15, -0.1) is 0 Å². The molecule has 0 N–H and O–H groups in total. The fourth-order valence-corrected chi connectivity index (χ4v) is 6.46. The first-order valence-electron chi connectivity index (χ1n) is 16.0. The molecular weight excluding hydrogens is 592 g/mol. The lowest BCUT2D eigenvalue weighted by atomic mass is 9.88. The minimum atomic E-state index is -0.377. The number of rotatable bonds is 13. The van der Waals surface area contributed by atoms with Gasteiger partial charge in [-0.25, -0.2) is 9.59 Å². The van der Waals surface area contributed by atoms with Crippen LogP contribution in [0.3, 0.4) is 0 Å². The summed E-state index contributed by atoms with van der Waals surface area (Å²) in [6.07, 6.45) is 3.86. The Bertz CT molecular complexity index is 1580. The highest BCUT2D eigenvalue weighted by molar-refractivity contribution is 6.13. The summed E-state index contributed by atoms with van der Waals surface area (Å²) in [5.74, 6) is 2.25. The number of esters is 1. The number of fused-ring (bicyclic) bond motifs is 3. The number of unbranched alkanes of at least 4 members (excludes halogenated alkanes) is 3. The Hall–Kier alpha value is -4.22. The topological polar surface area (TPSA) is 105 Å². The van der Waals surface area contributed by atoms with Crippen LogP contribution in [-0.2, 0) is 27.4 Å². The maximum Gasteiger partial charge on any atom is 0.409 e. The number of amides is 1. The van der Waals surface area contributed by atoms with Crippen LogP contribution in [0.5, 0.6) is 23.0 Å². The summed E-state index contributed by atoms with van der Waals surface area (Å²) in [6, 6.07) is 9.69. The van der Waals surface area contributed by atoms with Gasteiger partial charge in [0.1, 0.15) is 18.1 Å². The summed E-state index contributed by atoms with van der Waals surface area (Å²) in [6.45, 7) is 7.61. The molecule has 0 aromatic heterocycles. The molecule has 11 heteroatoms. The Morgan fingerprint density at radius 3 is 2.48 bits per heavy atom. The Balaban J connectivity index is 1.17. The van der Waals surface area contributed by atoms with Crippen LogP contribution < -0.4 is 18.9 Å². The standard InChI is InChI=1S/C35H42N2O9/c1-4-42-35(39)37-14-12-36(13-15-37)11-7-5-6-8-16-43-33-26-17-24(20-40-2)29(41-3)19-25(26)31(32-27(33)21-44-34(32)38)23-9-10-28-30(18-23)46-22-45-28/h9-10,17-19H,4-8,11-16,20-22H2,1-3H3. The lowest BCUT2D eigenvalue weighted by molar-refractivity contribution is 0.0534. The Labute approximate surface area is 269 Å². The first-order valence-corrected chi connectivity index (χ1v) is 16.0. The maximum absolute atomic E-state index is 13.3. The summed E-state index contributed by atoms with van der Waals surface area (Å²) < 4.78 is 39.7. The number of carbonyl (C=O) groups excluding carboxylic acids is 2. The summed E-state index contributed by atoms with van der Waals surface area (Å²) in [7, 11) is 3.28. The van der Waals surface area contributed by atoms with E-state index in [0.717, 1.165) is 78.3 Å². The zero-order valence-electron chi connectivity index (χ0n) is 26.9. The van der Waals surface area contributed by atoms with Crippen molar-refractivity contribution in [1.82, 2.24) is 9.80 Å². The Morgan fingerprint density at radius 1 is 0.891 bits per heavy atom. The second-order valence-electron chi connectivity index (χ2n) is 11.6. The normalized spacial score (nSPS) is 15.6. The van der Waals surface area contributed by atoms with Crippen LogP contribution in [-0.4, -0.2) is 88.8 Å². The van der Waals surface area contributed by atoms with Crippen molar-refractivity contribution in [2.75, 3.05) is 67.0 Å². The molecule has 1 saturated heterocycles. The smallest absolute Gasteiger partial charge is 0.409 e. The molecule has 1 amide bonds. The van der Waals surface area contributed by atoms with Gasteiger partial charge in [0.15, 0.2) is 11.5 Å². The van der Waals surface area contributed by atoms with E-state index in [9.17, 15) is 9.59 Å². The van der Waals surface area contributed by atoms with Crippen LogP contribution >= 0.6 is 0 Å². The molecule has 0 spiro atoms. The van der Waals surface area contributed by atoms with Crippen molar-refractivity contribution in [3.63, 3.8) is 0 Å². The van der Waals surface area contributed by atoms with E-state index in [4.69, 9.17) is 33.2 Å². The summed E-state index contributed by atoms with van der Waals surface area (Å²) in [5.41, 5.74) is 3.71. The molecule has 3 aliphatic rings. The van der Waals surface area contributed by atoms with Crippen molar-refractivity contribution in [1.29, 1.82) is 0 Å². The monoisotopic (exact) mass is 634 g/mol. The van der Waals surface area contributed by atoms with Crippen molar-refractivity contribution < 1.29 is 42.7 Å². The average molecular weight is 635 g/mol. The molecule has 0 saturated carbocycles. The number of cyclic esters (lactones) is 1. The molecule has 3 heterocycles. The molecule has 3 aromatic carbocycles. The molecule has 6 rings (SSSR count). The average Bonchev–Trinajstić information content (AvgIpc) is 3.70. The van der Waals surface area contributed by atoms with Gasteiger partial charge in [-0.2, -0.15) is 0 Å². The van der Waals surface area contributed by atoms with Gasteiger partial charge in [-0.1, -0.05) is 18.9 Å². The zero-order chi connectivity index (χ0) is 32.0. The van der Waals surface area contributed by atoms with E-state index in [0.29, 0.717) is 61.5 Å². The largest absolute Gasteiger partial charge is 0.496 e. The van der Waals surface area contributed by atoms with Gasteiger partial charge in [0.05, 0.1) is 32.5 Å². The van der Waals surface area contributed by atoms with E-state index in [1.807, 2.05) is 37.3 Å². The third-order valence-electron chi connectivity index (χ3n) is 8.79. The molecule has 3 aliphatic heterocycles. The van der Waals surface area contributed by atoms with Gasteiger partial charge in [0, 0.05) is 55.4 Å². The molecule has 1 fully saturated rings. The minimum Gasteiger partial charge on any atom is -0.496 e. The highest BCUT2D eigenvalue weighted by atomic mass is 16.7. The molecule has 246 valence electrons. The number of piperazine rings is 1. The number of hydrogen-bond donors (Lipinski definition) is 0. The van der Waals surface area contributed by atoms with Crippen LogP contribution in [0.2, 0.25) is 0 Å². The summed E-state index contributed by atoms with van der Waals surface area (Å²) >= 11 is 0. The minimum absolute atomic E-state index is 0.145. The van der Waals surface area contributed by atoms with Crippen LogP contribution in [0.4, 0.5) is 4.79 Å². The Kier molecular flexibility index (Phi) is 9.99. The molecule has 0 aliphatic carbocycles. The van der Waals surface area contributed by atoms with E-state index >= 15 is 0 Å². The number of nitrogens with zero attached hydrogens (tertiary/aromatic N) is 2. The van der Waals surface area contributed by atoms with E-state index in [-0.39, 0.29) is 25.5 Å². The molecule has 11 nitrogen and oxygen atoms in total.